The molecule has 1 aliphatic carbocycles. The Hall–Kier alpha value is -1.32. The smallest absolute Gasteiger partial charge is 0.313 e. The van der Waals surface area contributed by atoms with Crippen LogP contribution in [0.1, 0.15) is 142 Å². The van der Waals surface area contributed by atoms with Gasteiger partial charge in [-0.15, -0.1) is 0 Å². The fraction of sp³-hybridized carbons (Fsp3) is 0.867. The van der Waals surface area contributed by atoms with Gasteiger partial charge in [0.2, 0.25) is 0 Å². The van der Waals surface area contributed by atoms with Gasteiger partial charge in [-0.25, -0.2) is 0 Å². The lowest BCUT2D eigenvalue weighted by Crippen LogP contribution is -2.33. The topological polar surface area (TPSA) is 52.6 Å². The molecule has 0 saturated carbocycles. The minimum absolute atomic E-state index is 0.228. The summed E-state index contributed by atoms with van der Waals surface area (Å²) in [5.74, 6) is -1.36. The molecule has 0 N–H and O–H groups in total. The largest absolute Gasteiger partial charge is 0.465 e. The van der Waals surface area contributed by atoms with Crippen LogP contribution in [0.5, 0.6) is 0 Å². The first-order chi connectivity index (χ1) is 16.7. The Morgan fingerprint density at radius 2 is 1.03 bits per heavy atom. The van der Waals surface area contributed by atoms with E-state index in [-0.39, 0.29) is 17.9 Å². The van der Waals surface area contributed by atoms with Crippen molar-refractivity contribution in [2.45, 2.75) is 142 Å². The average Bonchev–Trinajstić information content (AvgIpc) is 2.86. The number of carbonyl (C=O) groups excluding carboxylic acids is 2. The summed E-state index contributed by atoms with van der Waals surface area (Å²) >= 11 is 0. The van der Waals surface area contributed by atoms with Crippen LogP contribution in [-0.2, 0) is 19.1 Å². The molecule has 0 aromatic carbocycles. The zero-order valence-electron chi connectivity index (χ0n) is 22.5. The highest BCUT2D eigenvalue weighted by Crippen LogP contribution is 2.27. The molecule has 0 aromatic heterocycles. The number of allylic oxidation sites excluding steroid dienone is 1. The van der Waals surface area contributed by atoms with E-state index in [1.165, 1.54) is 89.9 Å². The van der Waals surface area contributed by atoms with E-state index in [0.717, 1.165) is 32.1 Å². The third-order valence-corrected chi connectivity index (χ3v) is 6.98. The Labute approximate surface area is 210 Å². The second-order valence-corrected chi connectivity index (χ2v) is 10.1. The molecule has 0 radical (unpaired) electrons. The third-order valence-electron chi connectivity index (χ3n) is 6.98. The Bertz CT molecular complexity index is 528. The van der Waals surface area contributed by atoms with Gasteiger partial charge in [-0.3, -0.25) is 9.59 Å². The molecule has 0 fully saturated rings. The first-order valence-corrected chi connectivity index (χ1v) is 14.7. The number of rotatable bonds is 22. The average molecular weight is 479 g/mol. The molecule has 2 atom stereocenters. The summed E-state index contributed by atoms with van der Waals surface area (Å²) in [7, 11) is 0. The van der Waals surface area contributed by atoms with Crippen LogP contribution < -0.4 is 0 Å². The van der Waals surface area contributed by atoms with Crippen LogP contribution in [0.3, 0.4) is 0 Å². The van der Waals surface area contributed by atoms with E-state index in [9.17, 15) is 9.59 Å². The van der Waals surface area contributed by atoms with Gasteiger partial charge in [0.15, 0.2) is 0 Å². The highest BCUT2D eigenvalue weighted by molar-refractivity contribution is 5.83. The van der Waals surface area contributed by atoms with Crippen molar-refractivity contribution in [3.05, 3.63) is 12.2 Å². The fourth-order valence-electron chi connectivity index (χ4n) is 4.71. The van der Waals surface area contributed by atoms with Crippen LogP contribution in [0.2, 0.25) is 0 Å². The minimum atomic E-state index is -0.483. The van der Waals surface area contributed by atoms with Crippen molar-refractivity contribution in [2.75, 3.05) is 13.2 Å². The first kappa shape index (κ1) is 30.7. The molecule has 4 nitrogen and oxygen atoms in total. The summed E-state index contributed by atoms with van der Waals surface area (Å²) in [5.41, 5.74) is 0. The van der Waals surface area contributed by atoms with E-state index >= 15 is 0 Å². The van der Waals surface area contributed by atoms with E-state index in [0.29, 0.717) is 19.6 Å². The highest BCUT2D eigenvalue weighted by Gasteiger charge is 2.35. The Balaban J connectivity index is 2.12. The fourth-order valence-corrected chi connectivity index (χ4v) is 4.71. The molecule has 0 aromatic rings. The van der Waals surface area contributed by atoms with Crippen LogP contribution in [0.25, 0.3) is 0 Å². The number of hydrogen-bond acceptors (Lipinski definition) is 4. The van der Waals surface area contributed by atoms with E-state index in [1.54, 1.807) is 0 Å². The molecule has 0 saturated heterocycles. The second kappa shape index (κ2) is 22.2. The maximum atomic E-state index is 12.6. The van der Waals surface area contributed by atoms with Gasteiger partial charge in [-0.05, 0) is 25.7 Å². The molecule has 4 heteroatoms. The molecule has 0 bridgehead atoms. The van der Waals surface area contributed by atoms with E-state index in [4.69, 9.17) is 9.47 Å². The molecule has 1 rings (SSSR count). The standard InChI is InChI=1S/C30H54O4/c1-3-5-7-9-11-13-15-17-21-25-33-29(31)27-23-19-20-24-28(27)30(32)34-26-22-18-16-14-12-10-8-6-4-2/h19,23,27-28H,3-18,20-22,24-26H2,1-2H3. The van der Waals surface area contributed by atoms with Crippen molar-refractivity contribution >= 4 is 11.9 Å². The van der Waals surface area contributed by atoms with Gasteiger partial charge in [-0.1, -0.05) is 129 Å². The summed E-state index contributed by atoms with van der Waals surface area (Å²) in [6.45, 7) is 5.41. The Kier molecular flexibility index (Phi) is 20.0. The van der Waals surface area contributed by atoms with Crippen LogP contribution in [0.4, 0.5) is 0 Å². The number of ether oxygens (including phenoxy) is 2. The van der Waals surface area contributed by atoms with Gasteiger partial charge >= 0.3 is 11.9 Å². The molecule has 0 amide bonds. The van der Waals surface area contributed by atoms with Crippen molar-refractivity contribution in [2.24, 2.45) is 11.8 Å². The molecular formula is C30H54O4. The summed E-state index contributed by atoms with van der Waals surface area (Å²) in [4.78, 5) is 25.2. The molecule has 198 valence electrons. The SMILES string of the molecule is CCCCCCCCCCCOC(=O)C1C=CCCC1C(=O)OCCCCCCCCCCC. The van der Waals surface area contributed by atoms with Gasteiger partial charge in [-0.2, -0.15) is 0 Å². The van der Waals surface area contributed by atoms with Crippen molar-refractivity contribution in [1.82, 2.24) is 0 Å². The maximum Gasteiger partial charge on any atom is 0.313 e. The van der Waals surface area contributed by atoms with Gasteiger partial charge in [0.25, 0.3) is 0 Å². The quantitative estimate of drug-likeness (QED) is 0.0886. The molecule has 0 spiro atoms. The van der Waals surface area contributed by atoms with E-state index in [2.05, 4.69) is 13.8 Å². The lowest BCUT2D eigenvalue weighted by molar-refractivity contribution is -0.159. The predicted octanol–water partition coefficient (Wildman–Crippen LogP) is 8.72. The van der Waals surface area contributed by atoms with Crippen LogP contribution in [-0.4, -0.2) is 25.2 Å². The molecule has 0 heterocycles. The van der Waals surface area contributed by atoms with Crippen molar-refractivity contribution < 1.29 is 19.1 Å². The zero-order chi connectivity index (χ0) is 24.7. The molecule has 1 aliphatic rings. The van der Waals surface area contributed by atoms with E-state index < -0.39 is 5.92 Å². The van der Waals surface area contributed by atoms with Crippen molar-refractivity contribution in [3.63, 3.8) is 0 Å². The summed E-state index contributed by atoms with van der Waals surface area (Å²) < 4.78 is 11.1. The van der Waals surface area contributed by atoms with Crippen molar-refractivity contribution in [1.29, 1.82) is 0 Å². The molecular weight excluding hydrogens is 424 g/mol. The number of unbranched alkanes of at least 4 members (excludes halogenated alkanes) is 16. The molecule has 0 aliphatic heterocycles. The Morgan fingerprint density at radius 1 is 0.618 bits per heavy atom. The Morgan fingerprint density at radius 3 is 1.50 bits per heavy atom. The summed E-state index contributed by atoms with van der Waals surface area (Å²) in [5, 5.41) is 0. The molecule has 2 unspecified atom stereocenters. The van der Waals surface area contributed by atoms with Crippen LogP contribution in [0, 0.1) is 11.8 Å². The monoisotopic (exact) mass is 478 g/mol. The van der Waals surface area contributed by atoms with Gasteiger partial charge in [0.05, 0.1) is 25.0 Å². The number of esters is 2. The lowest BCUT2D eigenvalue weighted by atomic mass is 9.84. The predicted molar refractivity (Wildman–Crippen MR) is 142 cm³/mol. The first-order valence-electron chi connectivity index (χ1n) is 14.7. The van der Waals surface area contributed by atoms with Gasteiger partial charge in [0.1, 0.15) is 0 Å². The van der Waals surface area contributed by atoms with Gasteiger partial charge in [0, 0.05) is 0 Å². The van der Waals surface area contributed by atoms with E-state index in [1.807, 2.05) is 12.2 Å². The minimum Gasteiger partial charge on any atom is -0.465 e. The number of carbonyl (C=O) groups is 2. The highest BCUT2D eigenvalue weighted by atomic mass is 16.5. The van der Waals surface area contributed by atoms with Crippen LogP contribution in [0.15, 0.2) is 12.2 Å². The molecule has 34 heavy (non-hydrogen) atoms. The summed E-state index contributed by atoms with van der Waals surface area (Å²) in [6, 6.07) is 0. The zero-order valence-corrected chi connectivity index (χ0v) is 22.5. The van der Waals surface area contributed by atoms with Gasteiger partial charge < -0.3 is 9.47 Å². The third kappa shape index (κ3) is 15.6. The lowest BCUT2D eigenvalue weighted by Gasteiger charge is -2.24. The summed E-state index contributed by atoms with van der Waals surface area (Å²) in [6.07, 6.45) is 27.6. The second-order valence-electron chi connectivity index (χ2n) is 10.1. The number of hydrogen-bond donors (Lipinski definition) is 0. The van der Waals surface area contributed by atoms with Crippen molar-refractivity contribution in [3.8, 4) is 0 Å². The maximum absolute atomic E-state index is 12.6. The van der Waals surface area contributed by atoms with Crippen LogP contribution >= 0.6 is 0 Å². The normalized spacial score (nSPS) is 17.6.